The van der Waals surface area contributed by atoms with Crippen molar-refractivity contribution >= 4 is 40.2 Å². The Bertz CT molecular complexity index is 671. The minimum absolute atomic E-state index is 0.0884. The molecule has 0 aliphatic rings. The Morgan fingerprint density at radius 1 is 1.52 bits per heavy atom. The predicted molar refractivity (Wildman–Crippen MR) is 87.9 cm³/mol. The summed E-state index contributed by atoms with van der Waals surface area (Å²) in [5, 5.41) is 4.49. The quantitative estimate of drug-likeness (QED) is 0.736. The largest absolute Gasteiger partial charge is 0.399 e. The van der Waals surface area contributed by atoms with Crippen LogP contribution in [0, 0.1) is 0 Å². The zero-order chi connectivity index (χ0) is 15.6. The lowest BCUT2D eigenvalue weighted by atomic mass is 10.1. The SMILES string of the molecule is CCc1cnc(C(C)Nc2c(Cl)cc(N)cc2C(N)=O)s1. The zero-order valence-electron chi connectivity index (χ0n) is 11.8. The number of anilines is 2. The van der Waals surface area contributed by atoms with Gasteiger partial charge < -0.3 is 16.8 Å². The van der Waals surface area contributed by atoms with Crippen molar-refractivity contribution in [2.45, 2.75) is 26.3 Å². The molecule has 1 atom stereocenters. The van der Waals surface area contributed by atoms with Crippen LogP contribution in [0.5, 0.6) is 0 Å². The second kappa shape index (κ2) is 6.32. The van der Waals surface area contributed by atoms with Crippen LogP contribution in [0.25, 0.3) is 0 Å². The summed E-state index contributed by atoms with van der Waals surface area (Å²) in [7, 11) is 0. The van der Waals surface area contributed by atoms with Gasteiger partial charge in [-0.25, -0.2) is 4.98 Å². The van der Waals surface area contributed by atoms with E-state index in [2.05, 4.69) is 17.2 Å². The molecule has 0 bridgehead atoms. The predicted octanol–water partition coefficient (Wildman–Crippen LogP) is 3.21. The summed E-state index contributed by atoms with van der Waals surface area (Å²) in [5.41, 5.74) is 12.2. The molecule has 7 heteroatoms. The third-order valence-electron chi connectivity index (χ3n) is 3.03. The number of halogens is 1. The van der Waals surface area contributed by atoms with E-state index in [0.29, 0.717) is 16.4 Å². The van der Waals surface area contributed by atoms with Crippen LogP contribution in [0.3, 0.4) is 0 Å². The third-order valence-corrected chi connectivity index (χ3v) is 4.65. The number of benzene rings is 1. The molecule has 2 rings (SSSR count). The number of nitrogens with two attached hydrogens (primary N) is 2. The number of hydrogen-bond donors (Lipinski definition) is 3. The summed E-state index contributed by atoms with van der Waals surface area (Å²) in [6.45, 7) is 4.03. The highest BCUT2D eigenvalue weighted by molar-refractivity contribution is 7.11. The number of aromatic nitrogens is 1. The molecule has 0 aliphatic heterocycles. The maximum absolute atomic E-state index is 11.5. The molecule has 0 fully saturated rings. The summed E-state index contributed by atoms with van der Waals surface area (Å²) >= 11 is 7.80. The van der Waals surface area contributed by atoms with Gasteiger partial charge in [-0.3, -0.25) is 4.79 Å². The summed E-state index contributed by atoms with van der Waals surface area (Å²) in [6, 6.07) is 3.01. The molecule has 0 radical (unpaired) electrons. The van der Waals surface area contributed by atoms with Crippen LogP contribution >= 0.6 is 22.9 Å². The molecule has 0 saturated heterocycles. The normalized spacial score (nSPS) is 12.1. The number of carbonyl (C=O) groups is 1. The van der Waals surface area contributed by atoms with Gasteiger partial charge in [0.2, 0.25) is 0 Å². The first-order valence-corrected chi connectivity index (χ1v) is 7.71. The van der Waals surface area contributed by atoms with Crippen molar-refractivity contribution in [1.82, 2.24) is 4.98 Å². The molecule has 0 saturated carbocycles. The zero-order valence-corrected chi connectivity index (χ0v) is 13.4. The molecule has 5 nitrogen and oxygen atoms in total. The smallest absolute Gasteiger partial charge is 0.250 e. The van der Waals surface area contributed by atoms with Gasteiger partial charge in [-0.05, 0) is 25.5 Å². The number of rotatable bonds is 5. The molecule has 1 unspecified atom stereocenters. The first-order chi connectivity index (χ1) is 9.92. The van der Waals surface area contributed by atoms with Crippen LogP contribution in [0.4, 0.5) is 11.4 Å². The van der Waals surface area contributed by atoms with Gasteiger partial charge in [0.1, 0.15) is 5.01 Å². The lowest BCUT2D eigenvalue weighted by Crippen LogP contribution is -2.17. The Morgan fingerprint density at radius 3 is 2.81 bits per heavy atom. The number of nitrogens with one attached hydrogen (secondary N) is 1. The molecule has 21 heavy (non-hydrogen) atoms. The van der Waals surface area contributed by atoms with Gasteiger partial charge in [-0.15, -0.1) is 11.3 Å². The van der Waals surface area contributed by atoms with Crippen molar-refractivity contribution in [3.05, 3.63) is 38.8 Å². The summed E-state index contributed by atoms with van der Waals surface area (Å²) in [4.78, 5) is 17.1. The van der Waals surface area contributed by atoms with Crippen LogP contribution < -0.4 is 16.8 Å². The van der Waals surface area contributed by atoms with E-state index in [1.165, 1.54) is 10.9 Å². The van der Waals surface area contributed by atoms with Gasteiger partial charge in [0.25, 0.3) is 5.91 Å². The number of amides is 1. The summed E-state index contributed by atoms with van der Waals surface area (Å²) in [5.74, 6) is -0.577. The van der Waals surface area contributed by atoms with Gasteiger partial charge in [-0.2, -0.15) is 0 Å². The first-order valence-electron chi connectivity index (χ1n) is 6.52. The minimum atomic E-state index is -0.577. The standard InChI is InChI=1S/C14H17ClN4OS/c1-3-9-6-18-14(21-9)7(2)19-12-10(13(17)20)4-8(16)5-11(12)15/h4-7,19H,3,16H2,1-2H3,(H2,17,20). The van der Waals surface area contributed by atoms with Crippen molar-refractivity contribution in [3.8, 4) is 0 Å². The molecule has 1 amide bonds. The first kappa shape index (κ1) is 15.6. The molecular weight excluding hydrogens is 308 g/mol. The second-order valence-electron chi connectivity index (χ2n) is 4.67. The Labute approximate surface area is 132 Å². The number of primary amides is 1. The molecule has 1 heterocycles. The van der Waals surface area contributed by atoms with E-state index in [0.717, 1.165) is 11.4 Å². The maximum Gasteiger partial charge on any atom is 0.250 e. The van der Waals surface area contributed by atoms with E-state index >= 15 is 0 Å². The number of nitrogen functional groups attached to an aromatic ring is 1. The van der Waals surface area contributed by atoms with Gasteiger partial charge in [0.15, 0.2) is 0 Å². The summed E-state index contributed by atoms with van der Waals surface area (Å²) in [6.07, 6.45) is 2.80. The van der Waals surface area contributed by atoms with E-state index in [1.54, 1.807) is 17.4 Å². The topological polar surface area (TPSA) is 94.0 Å². The van der Waals surface area contributed by atoms with Crippen LogP contribution in [0.1, 0.15) is 40.1 Å². The minimum Gasteiger partial charge on any atom is -0.399 e. The van der Waals surface area contributed by atoms with E-state index in [1.807, 2.05) is 13.1 Å². The van der Waals surface area contributed by atoms with Gasteiger partial charge in [0, 0.05) is 16.8 Å². The number of hydrogen-bond acceptors (Lipinski definition) is 5. The van der Waals surface area contributed by atoms with Crippen LogP contribution in [-0.2, 0) is 6.42 Å². The molecule has 1 aromatic heterocycles. The van der Waals surface area contributed by atoms with Gasteiger partial charge in [0.05, 0.1) is 22.3 Å². The highest BCUT2D eigenvalue weighted by Crippen LogP contribution is 2.33. The Balaban J connectivity index is 2.32. The Kier molecular flexibility index (Phi) is 4.69. The molecule has 0 aliphatic carbocycles. The van der Waals surface area contributed by atoms with Crippen molar-refractivity contribution in [2.24, 2.45) is 5.73 Å². The van der Waals surface area contributed by atoms with Crippen molar-refractivity contribution in [2.75, 3.05) is 11.1 Å². The highest BCUT2D eigenvalue weighted by Gasteiger charge is 2.17. The third kappa shape index (κ3) is 3.46. The molecule has 112 valence electrons. The van der Waals surface area contributed by atoms with Crippen LogP contribution in [-0.4, -0.2) is 10.9 Å². The van der Waals surface area contributed by atoms with Crippen molar-refractivity contribution in [3.63, 3.8) is 0 Å². The fourth-order valence-corrected chi connectivity index (χ4v) is 3.08. The molecular formula is C14H17ClN4OS. The lowest BCUT2D eigenvalue weighted by Gasteiger charge is -2.17. The van der Waals surface area contributed by atoms with E-state index in [-0.39, 0.29) is 11.6 Å². The van der Waals surface area contributed by atoms with Gasteiger partial charge in [-0.1, -0.05) is 18.5 Å². The average Bonchev–Trinajstić information content (AvgIpc) is 2.90. The highest BCUT2D eigenvalue weighted by atomic mass is 35.5. The monoisotopic (exact) mass is 324 g/mol. The lowest BCUT2D eigenvalue weighted by molar-refractivity contribution is 0.100. The average molecular weight is 325 g/mol. The number of carbonyl (C=O) groups excluding carboxylic acids is 1. The molecule has 5 N–H and O–H groups in total. The number of aryl methyl sites for hydroxylation is 1. The second-order valence-corrected chi connectivity index (χ2v) is 6.23. The molecule has 2 aromatic rings. The van der Waals surface area contributed by atoms with Crippen molar-refractivity contribution < 1.29 is 4.79 Å². The van der Waals surface area contributed by atoms with Gasteiger partial charge >= 0.3 is 0 Å². The maximum atomic E-state index is 11.5. The van der Waals surface area contributed by atoms with Crippen LogP contribution in [0.2, 0.25) is 5.02 Å². The fraction of sp³-hybridized carbons (Fsp3) is 0.286. The Morgan fingerprint density at radius 2 is 2.24 bits per heavy atom. The molecule has 1 aromatic carbocycles. The van der Waals surface area contributed by atoms with E-state index in [4.69, 9.17) is 23.1 Å². The number of nitrogens with zero attached hydrogens (tertiary/aromatic N) is 1. The van der Waals surface area contributed by atoms with E-state index < -0.39 is 5.91 Å². The van der Waals surface area contributed by atoms with Crippen molar-refractivity contribution in [1.29, 1.82) is 0 Å². The Hall–Kier alpha value is -1.79. The van der Waals surface area contributed by atoms with E-state index in [9.17, 15) is 4.79 Å². The van der Waals surface area contributed by atoms with Crippen LogP contribution in [0.15, 0.2) is 18.3 Å². The fourth-order valence-electron chi connectivity index (χ4n) is 1.93. The summed E-state index contributed by atoms with van der Waals surface area (Å²) < 4.78 is 0. The molecule has 0 spiro atoms. The number of thiazole rings is 1.